The van der Waals surface area contributed by atoms with E-state index in [1.54, 1.807) is 29.0 Å². The van der Waals surface area contributed by atoms with Crippen molar-refractivity contribution in [2.75, 3.05) is 47.0 Å². The Hall–Kier alpha value is -3.07. The van der Waals surface area contributed by atoms with Gasteiger partial charge in [0.1, 0.15) is 6.54 Å². The Morgan fingerprint density at radius 1 is 1.20 bits per heavy atom. The minimum absolute atomic E-state index is 0.0613. The van der Waals surface area contributed by atoms with E-state index in [2.05, 4.69) is 0 Å². The van der Waals surface area contributed by atoms with E-state index in [-0.39, 0.29) is 42.7 Å². The van der Waals surface area contributed by atoms with Crippen molar-refractivity contribution in [3.8, 4) is 5.75 Å². The maximum atomic E-state index is 12.9. The third kappa shape index (κ3) is 3.60. The molecule has 2 fully saturated rings. The van der Waals surface area contributed by atoms with Gasteiger partial charge in [-0.15, -0.1) is 0 Å². The summed E-state index contributed by atoms with van der Waals surface area (Å²) in [5.41, 5.74) is 0.551. The largest absolute Gasteiger partial charge is 0.493 e. The first-order chi connectivity index (χ1) is 14.5. The van der Waals surface area contributed by atoms with Gasteiger partial charge in [0.15, 0.2) is 17.1 Å². The number of furan rings is 1. The second kappa shape index (κ2) is 8.35. The number of benzene rings is 1. The smallest absolute Gasteiger partial charge is 0.327 e. The van der Waals surface area contributed by atoms with Crippen molar-refractivity contribution in [2.45, 2.75) is 18.9 Å². The summed E-state index contributed by atoms with van der Waals surface area (Å²) in [4.78, 5) is 42.2. The first-order valence-corrected chi connectivity index (χ1v) is 9.99. The molecule has 9 heteroatoms. The lowest BCUT2D eigenvalue weighted by Crippen LogP contribution is -2.48. The van der Waals surface area contributed by atoms with Gasteiger partial charge in [0.25, 0.3) is 5.91 Å². The molecule has 2 aliphatic heterocycles. The predicted molar refractivity (Wildman–Crippen MR) is 107 cm³/mol. The van der Waals surface area contributed by atoms with Crippen LogP contribution in [0.5, 0.6) is 5.75 Å². The molecule has 4 rings (SSSR count). The van der Waals surface area contributed by atoms with Crippen LogP contribution in [0.25, 0.3) is 11.0 Å². The van der Waals surface area contributed by atoms with E-state index < -0.39 is 0 Å². The van der Waals surface area contributed by atoms with Crippen molar-refractivity contribution in [1.82, 2.24) is 14.7 Å². The number of hydrogen-bond acceptors (Lipinski definition) is 6. The van der Waals surface area contributed by atoms with Gasteiger partial charge in [-0.05, 0) is 25.0 Å². The van der Waals surface area contributed by atoms with E-state index in [1.807, 2.05) is 12.1 Å². The zero-order valence-electron chi connectivity index (χ0n) is 17.1. The summed E-state index contributed by atoms with van der Waals surface area (Å²) < 4.78 is 16.0. The summed E-state index contributed by atoms with van der Waals surface area (Å²) >= 11 is 0. The van der Waals surface area contributed by atoms with E-state index in [9.17, 15) is 14.4 Å². The topological polar surface area (TPSA) is 92.5 Å². The molecule has 0 atom stereocenters. The van der Waals surface area contributed by atoms with E-state index in [4.69, 9.17) is 13.9 Å². The number of likely N-dealkylation sites (tertiary alicyclic amines) is 1. The van der Waals surface area contributed by atoms with Crippen LogP contribution in [-0.2, 0) is 9.53 Å². The van der Waals surface area contributed by atoms with Gasteiger partial charge in [-0.1, -0.05) is 12.1 Å². The summed E-state index contributed by atoms with van der Waals surface area (Å²) in [5, 5.41) is 0.810. The normalized spacial score (nSPS) is 18.0. The number of imide groups is 1. The second-order valence-electron chi connectivity index (χ2n) is 7.46. The van der Waals surface area contributed by atoms with Gasteiger partial charge >= 0.3 is 6.03 Å². The van der Waals surface area contributed by atoms with Crippen LogP contribution in [0.4, 0.5) is 4.79 Å². The maximum Gasteiger partial charge on any atom is 0.327 e. The van der Waals surface area contributed by atoms with Crippen LogP contribution in [0.1, 0.15) is 23.4 Å². The molecule has 1 aromatic heterocycles. The molecule has 0 bridgehead atoms. The van der Waals surface area contributed by atoms with Gasteiger partial charge in [-0.3, -0.25) is 14.5 Å². The number of amides is 4. The number of hydrogen-bond donors (Lipinski definition) is 0. The fraction of sp³-hybridized carbons (Fsp3) is 0.476. The lowest BCUT2D eigenvalue weighted by Gasteiger charge is -2.35. The number of urea groups is 1. The van der Waals surface area contributed by atoms with E-state index >= 15 is 0 Å². The van der Waals surface area contributed by atoms with Gasteiger partial charge in [-0.25, -0.2) is 4.79 Å². The van der Waals surface area contributed by atoms with Crippen LogP contribution in [0.15, 0.2) is 28.7 Å². The molecule has 9 nitrogen and oxygen atoms in total. The molecule has 2 aliphatic rings. The third-order valence-electron chi connectivity index (χ3n) is 5.73. The molecule has 0 N–H and O–H groups in total. The Labute approximate surface area is 174 Å². The highest BCUT2D eigenvalue weighted by molar-refractivity contribution is 6.02. The van der Waals surface area contributed by atoms with Gasteiger partial charge in [0, 0.05) is 31.6 Å². The number of methoxy groups -OCH3 is 2. The lowest BCUT2D eigenvalue weighted by molar-refractivity contribution is -0.125. The molecule has 2 saturated heterocycles. The van der Waals surface area contributed by atoms with Crippen LogP contribution < -0.4 is 4.74 Å². The number of nitrogens with zero attached hydrogens (tertiary/aromatic N) is 3. The van der Waals surface area contributed by atoms with Crippen molar-refractivity contribution < 1.29 is 28.3 Å². The summed E-state index contributed by atoms with van der Waals surface area (Å²) in [6, 6.07) is 6.90. The second-order valence-corrected chi connectivity index (χ2v) is 7.46. The number of fused-ring (bicyclic) bond motifs is 1. The molecule has 4 amide bonds. The fourth-order valence-electron chi connectivity index (χ4n) is 4.09. The van der Waals surface area contributed by atoms with Crippen LogP contribution >= 0.6 is 0 Å². The van der Waals surface area contributed by atoms with Crippen LogP contribution in [0, 0.1) is 0 Å². The molecule has 0 aliphatic carbocycles. The number of carbonyl (C=O) groups excluding carboxylic acids is 3. The Balaban J connectivity index is 1.39. The lowest BCUT2D eigenvalue weighted by atomic mass is 10.0. The van der Waals surface area contributed by atoms with Crippen molar-refractivity contribution >= 4 is 28.8 Å². The Bertz CT molecular complexity index is 963. The van der Waals surface area contributed by atoms with Crippen molar-refractivity contribution in [3.63, 3.8) is 0 Å². The Morgan fingerprint density at radius 3 is 2.67 bits per heavy atom. The molecule has 0 saturated carbocycles. The molecule has 2 aromatic rings. The molecule has 0 unspecified atom stereocenters. The summed E-state index contributed by atoms with van der Waals surface area (Å²) in [6.07, 6.45) is 1.23. The molecule has 0 radical (unpaired) electrons. The van der Waals surface area contributed by atoms with Gasteiger partial charge < -0.3 is 23.7 Å². The highest BCUT2D eigenvalue weighted by Crippen LogP contribution is 2.30. The van der Waals surface area contributed by atoms with Crippen molar-refractivity contribution in [3.05, 3.63) is 30.0 Å². The molecular weight excluding hydrogens is 390 g/mol. The summed E-state index contributed by atoms with van der Waals surface area (Å²) in [7, 11) is 3.10. The zero-order valence-corrected chi connectivity index (χ0v) is 17.1. The zero-order chi connectivity index (χ0) is 21.3. The number of para-hydroxylation sites is 1. The van der Waals surface area contributed by atoms with Crippen molar-refractivity contribution in [2.24, 2.45) is 0 Å². The van der Waals surface area contributed by atoms with Crippen LogP contribution in [0.3, 0.4) is 0 Å². The van der Waals surface area contributed by atoms with Gasteiger partial charge in [0.2, 0.25) is 5.91 Å². The molecule has 3 heterocycles. The van der Waals surface area contributed by atoms with Gasteiger partial charge in [-0.2, -0.15) is 0 Å². The molecule has 1 aromatic carbocycles. The van der Waals surface area contributed by atoms with E-state index in [1.165, 1.54) is 12.0 Å². The Kier molecular flexibility index (Phi) is 5.63. The quantitative estimate of drug-likeness (QED) is 0.670. The monoisotopic (exact) mass is 415 g/mol. The third-order valence-corrected chi connectivity index (χ3v) is 5.73. The summed E-state index contributed by atoms with van der Waals surface area (Å²) in [6.45, 7) is 1.66. The van der Waals surface area contributed by atoms with Crippen molar-refractivity contribution in [1.29, 1.82) is 0 Å². The number of rotatable bonds is 6. The minimum atomic E-state index is -0.272. The standard InChI is InChI=1S/C21H25N3O6/c1-28-11-10-23-18(25)13-24(21(23)27)15-6-8-22(9-7-15)20(26)17-12-14-4-3-5-16(29-2)19(14)30-17/h3-5,12,15H,6-11,13H2,1-2H3. The molecule has 30 heavy (non-hydrogen) atoms. The minimum Gasteiger partial charge on any atom is -0.493 e. The molecule has 0 spiro atoms. The van der Waals surface area contributed by atoms with E-state index in [0.29, 0.717) is 43.9 Å². The summed E-state index contributed by atoms with van der Waals surface area (Å²) in [5.74, 6) is 0.468. The first kappa shape index (κ1) is 20.2. The number of carbonyl (C=O) groups is 3. The van der Waals surface area contributed by atoms with Gasteiger partial charge in [0.05, 0.1) is 20.3 Å². The highest BCUT2D eigenvalue weighted by Gasteiger charge is 2.41. The highest BCUT2D eigenvalue weighted by atomic mass is 16.5. The van der Waals surface area contributed by atoms with E-state index in [0.717, 1.165) is 5.39 Å². The Morgan fingerprint density at radius 2 is 1.97 bits per heavy atom. The average molecular weight is 415 g/mol. The fourth-order valence-corrected chi connectivity index (χ4v) is 4.09. The SMILES string of the molecule is COCCN1C(=O)CN(C2CCN(C(=O)c3cc4cccc(OC)c4o3)CC2)C1=O. The number of ether oxygens (including phenoxy) is 2. The van der Waals surface area contributed by atoms with Crippen LogP contribution in [0.2, 0.25) is 0 Å². The number of piperidine rings is 1. The van der Waals surface area contributed by atoms with Crippen LogP contribution in [-0.4, -0.2) is 85.6 Å². The predicted octanol–water partition coefficient (Wildman–Crippen LogP) is 1.96. The molecule has 160 valence electrons. The maximum absolute atomic E-state index is 12.9. The average Bonchev–Trinajstić information content (AvgIpc) is 3.32. The first-order valence-electron chi connectivity index (χ1n) is 9.99. The molecular formula is C21H25N3O6.